The highest BCUT2D eigenvalue weighted by Gasteiger charge is 2.11. The molecule has 2 aromatic rings. The molecule has 0 saturated carbocycles. The summed E-state index contributed by atoms with van der Waals surface area (Å²) in [5.41, 5.74) is 3.29. The largest absolute Gasteiger partial charge is 0.378 e. The third-order valence-electron chi connectivity index (χ3n) is 2.77. The van der Waals surface area contributed by atoms with Crippen LogP contribution in [0.1, 0.15) is 18.3 Å². The summed E-state index contributed by atoms with van der Waals surface area (Å²) in [5, 5.41) is 7.90. The van der Waals surface area contributed by atoms with E-state index in [-0.39, 0.29) is 0 Å². The van der Waals surface area contributed by atoms with Gasteiger partial charge in [0, 0.05) is 16.7 Å². The lowest BCUT2D eigenvalue weighted by Crippen LogP contribution is -2.08. The van der Waals surface area contributed by atoms with E-state index in [0.717, 1.165) is 33.4 Å². The molecule has 18 heavy (non-hydrogen) atoms. The first-order valence-electron chi connectivity index (χ1n) is 5.83. The van der Waals surface area contributed by atoms with Crippen LogP contribution in [0.4, 0.5) is 5.69 Å². The molecule has 3 nitrogen and oxygen atoms in total. The van der Waals surface area contributed by atoms with Crippen molar-refractivity contribution in [2.45, 2.75) is 26.9 Å². The van der Waals surface area contributed by atoms with Crippen LogP contribution < -0.4 is 5.32 Å². The molecule has 1 N–H and O–H groups in total. The first-order chi connectivity index (χ1) is 8.63. The number of halogens is 2. The number of nitrogens with zero attached hydrogens (tertiary/aromatic N) is 2. The third kappa shape index (κ3) is 2.78. The van der Waals surface area contributed by atoms with Crippen LogP contribution in [-0.4, -0.2) is 9.78 Å². The highest BCUT2D eigenvalue weighted by atomic mass is 79.9. The van der Waals surface area contributed by atoms with Crippen molar-refractivity contribution in [2.75, 3.05) is 5.32 Å². The Morgan fingerprint density at radius 3 is 2.67 bits per heavy atom. The Balaban J connectivity index is 2.18. The van der Waals surface area contributed by atoms with Crippen LogP contribution in [0.2, 0.25) is 0 Å². The van der Waals surface area contributed by atoms with Gasteiger partial charge in [-0.1, -0.05) is 12.1 Å². The van der Waals surface area contributed by atoms with Crippen LogP contribution in [0.25, 0.3) is 0 Å². The number of hydrogen-bond acceptors (Lipinski definition) is 2. The summed E-state index contributed by atoms with van der Waals surface area (Å²) in [6, 6.07) is 8.10. The SMILES string of the molecule is CCn1nc(C)c(Br)c1CNc1ccccc1Br. The fourth-order valence-corrected chi connectivity index (χ4v) is 2.67. The molecule has 2 rings (SSSR count). The second kappa shape index (κ2) is 5.89. The Bertz CT molecular complexity index is 549. The van der Waals surface area contributed by atoms with Crippen molar-refractivity contribution in [2.24, 2.45) is 0 Å². The summed E-state index contributed by atoms with van der Waals surface area (Å²) in [5.74, 6) is 0. The van der Waals surface area contributed by atoms with Gasteiger partial charge in [0.1, 0.15) is 0 Å². The quantitative estimate of drug-likeness (QED) is 0.864. The predicted octanol–water partition coefficient (Wildman–Crippen LogP) is 4.35. The molecule has 96 valence electrons. The number of rotatable bonds is 4. The van der Waals surface area contributed by atoms with Crippen molar-refractivity contribution in [3.8, 4) is 0 Å². The molecule has 1 heterocycles. The summed E-state index contributed by atoms with van der Waals surface area (Å²) in [7, 11) is 0. The molecule has 0 unspecified atom stereocenters. The lowest BCUT2D eigenvalue weighted by Gasteiger charge is -2.10. The van der Waals surface area contributed by atoms with Crippen LogP contribution in [0.5, 0.6) is 0 Å². The molecule has 0 aliphatic rings. The maximum absolute atomic E-state index is 4.48. The molecular weight excluding hydrogens is 358 g/mol. The van der Waals surface area contributed by atoms with Crippen molar-refractivity contribution in [1.29, 1.82) is 0 Å². The molecule has 0 radical (unpaired) electrons. The first-order valence-corrected chi connectivity index (χ1v) is 7.42. The maximum Gasteiger partial charge on any atom is 0.0739 e. The van der Waals surface area contributed by atoms with Gasteiger partial charge in [-0.2, -0.15) is 5.10 Å². The van der Waals surface area contributed by atoms with Crippen LogP contribution in [-0.2, 0) is 13.1 Å². The molecule has 0 saturated heterocycles. The molecule has 0 aliphatic heterocycles. The topological polar surface area (TPSA) is 29.9 Å². The van der Waals surface area contributed by atoms with Gasteiger partial charge in [-0.3, -0.25) is 4.68 Å². The van der Waals surface area contributed by atoms with Gasteiger partial charge in [-0.15, -0.1) is 0 Å². The second-order valence-electron chi connectivity index (χ2n) is 4.00. The molecule has 5 heteroatoms. The first kappa shape index (κ1) is 13.6. The van der Waals surface area contributed by atoms with E-state index in [1.54, 1.807) is 0 Å². The van der Waals surface area contributed by atoms with E-state index in [2.05, 4.69) is 55.3 Å². The Hall–Kier alpha value is -0.810. The second-order valence-corrected chi connectivity index (χ2v) is 5.64. The van der Waals surface area contributed by atoms with Gasteiger partial charge in [0.05, 0.1) is 22.4 Å². The van der Waals surface area contributed by atoms with Crippen molar-refractivity contribution in [3.63, 3.8) is 0 Å². The van der Waals surface area contributed by atoms with Gasteiger partial charge >= 0.3 is 0 Å². The number of para-hydroxylation sites is 1. The van der Waals surface area contributed by atoms with E-state index in [1.165, 1.54) is 5.69 Å². The molecule has 1 aromatic carbocycles. The Morgan fingerprint density at radius 2 is 2.00 bits per heavy atom. The van der Waals surface area contributed by atoms with Gasteiger partial charge in [0.15, 0.2) is 0 Å². The minimum Gasteiger partial charge on any atom is -0.378 e. The smallest absolute Gasteiger partial charge is 0.0739 e. The summed E-state index contributed by atoms with van der Waals surface area (Å²) >= 11 is 7.13. The molecule has 0 atom stereocenters. The minimum absolute atomic E-state index is 0.748. The number of benzene rings is 1. The predicted molar refractivity (Wildman–Crippen MR) is 81.8 cm³/mol. The number of aromatic nitrogens is 2. The van der Waals surface area contributed by atoms with Gasteiger partial charge < -0.3 is 5.32 Å². The van der Waals surface area contributed by atoms with Crippen molar-refractivity contribution in [3.05, 3.63) is 44.6 Å². The summed E-state index contributed by atoms with van der Waals surface area (Å²) < 4.78 is 4.17. The van der Waals surface area contributed by atoms with E-state index in [4.69, 9.17) is 0 Å². The van der Waals surface area contributed by atoms with Gasteiger partial charge in [0.2, 0.25) is 0 Å². The molecule has 0 aliphatic carbocycles. The third-order valence-corrected chi connectivity index (χ3v) is 4.50. The van der Waals surface area contributed by atoms with Gasteiger partial charge in [-0.25, -0.2) is 0 Å². The lowest BCUT2D eigenvalue weighted by atomic mass is 10.3. The molecule has 0 spiro atoms. The summed E-state index contributed by atoms with van der Waals surface area (Å²) in [6.07, 6.45) is 0. The fourth-order valence-electron chi connectivity index (χ4n) is 1.82. The standard InChI is InChI=1S/C13H15Br2N3/c1-3-18-12(13(15)9(2)17-18)8-16-11-7-5-4-6-10(11)14/h4-7,16H,3,8H2,1-2H3. The molecule has 1 aromatic heterocycles. The zero-order valence-corrected chi connectivity index (χ0v) is 13.5. The Morgan fingerprint density at radius 1 is 1.28 bits per heavy atom. The van der Waals surface area contributed by atoms with Crippen molar-refractivity contribution in [1.82, 2.24) is 9.78 Å². The Kier molecular flexibility index (Phi) is 4.45. The van der Waals surface area contributed by atoms with Crippen LogP contribution in [0, 0.1) is 6.92 Å². The van der Waals surface area contributed by atoms with E-state index >= 15 is 0 Å². The van der Waals surface area contributed by atoms with E-state index in [1.807, 2.05) is 29.8 Å². The average Bonchev–Trinajstić information content (AvgIpc) is 2.65. The van der Waals surface area contributed by atoms with Crippen molar-refractivity contribution < 1.29 is 0 Å². The number of aryl methyl sites for hydroxylation is 2. The van der Waals surface area contributed by atoms with Crippen LogP contribution >= 0.6 is 31.9 Å². The van der Waals surface area contributed by atoms with Crippen molar-refractivity contribution >= 4 is 37.5 Å². The normalized spacial score (nSPS) is 10.7. The number of hydrogen-bond donors (Lipinski definition) is 1. The number of anilines is 1. The summed E-state index contributed by atoms with van der Waals surface area (Å²) in [6.45, 7) is 5.73. The zero-order chi connectivity index (χ0) is 13.1. The van der Waals surface area contributed by atoms with Crippen LogP contribution in [0.3, 0.4) is 0 Å². The Labute approximate surface area is 124 Å². The van der Waals surface area contributed by atoms with E-state index in [0.29, 0.717) is 0 Å². The monoisotopic (exact) mass is 371 g/mol. The molecular formula is C13H15Br2N3. The number of nitrogens with one attached hydrogen (secondary N) is 1. The zero-order valence-electron chi connectivity index (χ0n) is 10.4. The van der Waals surface area contributed by atoms with Gasteiger partial charge in [0.25, 0.3) is 0 Å². The highest BCUT2D eigenvalue weighted by molar-refractivity contribution is 9.11. The fraction of sp³-hybridized carbons (Fsp3) is 0.308. The van der Waals surface area contributed by atoms with Crippen LogP contribution in [0.15, 0.2) is 33.2 Å². The average molecular weight is 373 g/mol. The molecule has 0 fully saturated rings. The highest BCUT2D eigenvalue weighted by Crippen LogP contribution is 2.25. The lowest BCUT2D eigenvalue weighted by molar-refractivity contribution is 0.622. The molecule has 0 bridgehead atoms. The summed E-state index contributed by atoms with van der Waals surface area (Å²) in [4.78, 5) is 0. The van der Waals surface area contributed by atoms with Gasteiger partial charge in [-0.05, 0) is 57.8 Å². The van der Waals surface area contributed by atoms with E-state index < -0.39 is 0 Å². The maximum atomic E-state index is 4.48. The van der Waals surface area contributed by atoms with E-state index in [9.17, 15) is 0 Å². The molecule has 0 amide bonds. The minimum atomic E-state index is 0.748.